The van der Waals surface area contributed by atoms with Gasteiger partial charge < -0.3 is 19.9 Å². The van der Waals surface area contributed by atoms with Crippen molar-refractivity contribution < 1.29 is 9.90 Å². The summed E-state index contributed by atoms with van der Waals surface area (Å²) in [6.45, 7) is 1.83. The average Bonchev–Trinajstić information content (AvgIpc) is 3.29. The molecule has 1 fully saturated rings. The van der Waals surface area contributed by atoms with Crippen LogP contribution >= 0.6 is 23.1 Å². The molecule has 0 radical (unpaired) electrons. The Morgan fingerprint density at radius 3 is 2.88 bits per heavy atom. The van der Waals surface area contributed by atoms with Gasteiger partial charge in [-0.1, -0.05) is 17.8 Å². The summed E-state index contributed by atoms with van der Waals surface area (Å²) in [4.78, 5) is 19.6. The Bertz CT molecular complexity index is 694. The van der Waals surface area contributed by atoms with Crippen molar-refractivity contribution in [3.63, 3.8) is 0 Å². The fourth-order valence-corrected chi connectivity index (χ4v) is 4.52. The minimum absolute atomic E-state index is 0.0454. The number of nitrogens with zero attached hydrogens (tertiary/aromatic N) is 3. The van der Waals surface area contributed by atoms with E-state index in [0.717, 1.165) is 28.6 Å². The van der Waals surface area contributed by atoms with E-state index in [0.29, 0.717) is 19.6 Å². The van der Waals surface area contributed by atoms with Crippen molar-refractivity contribution in [3.8, 4) is 0 Å². The molecule has 1 aliphatic heterocycles. The Balaban J connectivity index is 1.47. The van der Waals surface area contributed by atoms with Crippen molar-refractivity contribution >= 4 is 29.1 Å². The first-order valence-electron chi connectivity index (χ1n) is 8.39. The van der Waals surface area contributed by atoms with Gasteiger partial charge in [-0.3, -0.25) is 0 Å². The van der Waals surface area contributed by atoms with Crippen molar-refractivity contribution in [2.75, 3.05) is 19.3 Å². The van der Waals surface area contributed by atoms with Crippen molar-refractivity contribution in [2.45, 2.75) is 30.6 Å². The number of likely N-dealkylation sites (tertiary alicyclic amines) is 1. The highest BCUT2D eigenvalue weighted by Gasteiger charge is 2.28. The van der Waals surface area contributed by atoms with Gasteiger partial charge >= 0.3 is 6.03 Å². The summed E-state index contributed by atoms with van der Waals surface area (Å²) in [6, 6.07) is 3.90. The van der Waals surface area contributed by atoms with Crippen LogP contribution in [0.5, 0.6) is 0 Å². The van der Waals surface area contributed by atoms with Gasteiger partial charge in [-0.2, -0.15) is 0 Å². The summed E-state index contributed by atoms with van der Waals surface area (Å²) < 4.78 is 1.99. The highest BCUT2D eigenvalue weighted by molar-refractivity contribution is 7.98. The maximum absolute atomic E-state index is 12.4. The number of hydrogen-bond donors (Lipinski definition) is 2. The molecule has 0 bridgehead atoms. The number of amides is 2. The summed E-state index contributed by atoms with van der Waals surface area (Å²) in [6.07, 6.45) is 5.03. The molecule has 6 nitrogen and oxygen atoms in total. The second kappa shape index (κ2) is 8.25. The van der Waals surface area contributed by atoms with Crippen LogP contribution in [-0.4, -0.2) is 44.9 Å². The summed E-state index contributed by atoms with van der Waals surface area (Å²) in [7, 11) is 1.96. The van der Waals surface area contributed by atoms with Crippen LogP contribution in [0.1, 0.15) is 29.5 Å². The zero-order chi connectivity index (χ0) is 17.8. The van der Waals surface area contributed by atoms with E-state index in [9.17, 15) is 9.90 Å². The van der Waals surface area contributed by atoms with E-state index in [1.54, 1.807) is 29.3 Å². The smallest absolute Gasteiger partial charge is 0.317 e. The second-order valence-corrected chi connectivity index (χ2v) is 7.99. The lowest BCUT2D eigenvalue weighted by Gasteiger charge is -2.34. The number of imidazole rings is 1. The van der Waals surface area contributed by atoms with Crippen molar-refractivity contribution in [3.05, 3.63) is 34.3 Å². The lowest BCUT2D eigenvalue weighted by molar-refractivity contribution is 0.0689. The van der Waals surface area contributed by atoms with Gasteiger partial charge in [0.2, 0.25) is 0 Å². The number of piperidine rings is 1. The minimum Gasteiger partial charge on any atom is -0.387 e. The number of hydrogen-bond acceptors (Lipinski definition) is 5. The van der Waals surface area contributed by atoms with Crippen LogP contribution in [0.25, 0.3) is 0 Å². The predicted octanol–water partition coefficient (Wildman–Crippen LogP) is 2.86. The average molecular weight is 381 g/mol. The van der Waals surface area contributed by atoms with Gasteiger partial charge in [0.05, 0.1) is 24.5 Å². The molecule has 2 amide bonds. The van der Waals surface area contributed by atoms with Gasteiger partial charge in [-0.05, 0) is 36.5 Å². The SMILES string of the molecule is CSc1ncc(CNC(=O)N2CCC([C@H](O)c3cccs3)CC2)n1C. The highest BCUT2D eigenvalue weighted by Crippen LogP contribution is 2.32. The number of aliphatic hydroxyl groups is 1. The minimum atomic E-state index is -0.412. The third kappa shape index (κ3) is 4.19. The summed E-state index contributed by atoms with van der Waals surface area (Å²) in [5, 5.41) is 16.3. The number of nitrogens with one attached hydrogen (secondary N) is 1. The number of carbonyl (C=O) groups is 1. The van der Waals surface area contributed by atoms with Crippen LogP contribution in [0.3, 0.4) is 0 Å². The number of carbonyl (C=O) groups excluding carboxylic acids is 1. The molecule has 8 heteroatoms. The van der Waals surface area contributed by atoms with Gasteiger partial charge in [0.1, 0.15) is 0 Å². The van der Waals surface area contributed by atoms with Crippen molar-refractivity contribution in [2.24, 2.45) is 13.0 Å². The molecule has 2 aromatic heterocycles. The van der Waals surface area contributed by atoms with Crippen LogP contribution in [0, 0.1) is 5.92 Å². The van der Waals surface area contributed by atoms with E-state index in [1.807, 2.05) is 40.3 Å². The molecule has 3 rings (SSSR count). The molecule has 0 saturated carbocycles. The number of aliphatic hydroxyl groups excluding tert-OH is 1. The van der Waals surface area contributed by atoms with E-state index in [4.69, 9.17) is 0 Å². The molecule has 136 valence electrons. The van der Waals surface area contributed by atoms with Crippen molar-refractivity contribution in [1.82, 2.24) is 19.8 Å². The summed E-state index contributed by atoms with van der Waals surface area (Å²) >= 11 is 3.18. The molecule has 2 N–H and O–H groups in total. The third-order valence-corrected chi connectivity index (χ3v) is 6.44. The molecule has 25 heavy (non-hydrogen) atoms. The fourth-order valence-electron chi connectivity index (χ4n) is 3.17. The molecule has 0 aromatic carbocycles. The van der Waals surface area contributed by atoms with Gasteiger partial charge in [-0.15, -0.1) is 11.3 Å². The van der Waals surface area contributed by atoms with Crippen LogP contribution in [0.15, 0.2) is 28.9 Å². The van der Waals surface area contributed by atoms with Crippen LogP contribution in [0.2, 0.25) is 0 Å². The molecular weight excluding hydrogens is 356 g/mol. The van der Waals surface area contributed by atoms with E-state index in [-0.39, 0.29) is 11.9 Å². The van der Waals surface area contributed by atoms with E-state index >= 15 is 0 Å². The van der Waals surface area contributed by atoms with Crippen molar-refractivity contribution in [1.29, 1.82) is 0 Å². The highest BCUT2D eigenvalue weighted by atomic mass is 32.2. The Kier molecular flexibility index (Phi) is 6.03. The second-order valence-electron chi connectivity index (χ2n) is 6.24. The predicted molar refractivity (Wildman–Crippen MR) is 101 cm³/mol. The Labute approximate surface area is 156 Å². The summed E-state index contributed by atoms with van der Waals surface area (Å²) in [5.41, 5.74) is 0.987. The van der Waals surface area contributed by atoms with Gasteiger partial charge in [0.25, 0.3) is 0 Å². The van der Waals surface area contributed by atoms with Crippen LogP contribution < -0.4 is 5.32 Å². The Morgan fingerprint density at radius 1 is 1.52 bits per heavy atom. The maximum atomic E-state index is 12.4. The van der Waals surface area contributed by atoms with E-state index < -0.39 is 6.10 Å². The first-order chi connectivity index (χ1) is 12.1. The van der Waals surface area contributed by atoms with Gasteiger partial charge in [-0.25, -0.2) is 9.78 Å². The number of aromatic nitrogens is 2. The molecule has 3 heterocycles. The van der Waals surface area contributed by atoms with E-state index in [2.05, 4.69) is 10.3 Å². The quantitative estimate of drug-likeness (QED) is 0.783. The summed E-state index contributed by atoms with van der Waals surface area (Å²) in [5.74, 6) is 0.226. The molecule has 1 atom stereocenters. The van der Waals surface area contributed by atoms with Gasteiger partial charge in [0.15, 0.2) is 5.16 Å². The molecule has 2 aromatic rings. The molecule has 0 aliphatic carbocycles. The first kappa shape index (κ1) is 18.3. The molecule has 0 unspecified atom stereocenters. The topological polar surface area (TPSA) is 70.4 Å². The Morgan fingerprint density at radius 2 is 2.28 bits per heavy atom. The number of thioether (sulfide) groups is 1. The number of rotatable bonds is 5. The zero-order valence-corrected chi connectivity index (χ0v) is 16.1. The number of thiophene rings is 1. The normalized spacial score (nSPS) is 16.8. The monoisotopic (exact) mass is 380 g/mol. The molecular formula is C17H24N4O2S2. The Hall–Kier alpha value is -1.51. The molecule has 1 aliphatic rings. The van der Waals surface area contributed by atoms with Crippen LogP contribution in [-0.2, 0) is 13.6 Å². The lowest BCUT2D eigenvalue weighted by atomic mass is 9.90. The third-order valence-electron chi connectivity index (χ3n) is 4.75. The molecule has 1 saturated heterocycles. The number of urea groups is 1. The van der Waals surface area contributed by atoms with Crippen LogP contribution in [0.4, 0.5) is 4.79 Å². The molecule has 0 spiro atoms. The standard InChI is InChI=1S/C17H24N4O2S2/c1-20-13(11-19-17(20)24-2)10-18-16(23)21-7-5-12(6-8-21)15(22)14-4-3-9-25-14/h3-4,9,11-12,15,22H,5-8,10H2,1-2H3,(H,18,23)/t15-/m0/s1. The van der Waals surface area contributed by atoms with E-state index in [1.165, 1.54) is 0 Å². The first-order valence-corrected chi connectivity index (χ1v) is 10.5. The largest absolute Gasteiger partial charge is 0.387 e. The lowest BCUT2D eigenvalue weighted by Crippen LogP contribution is -2.45. The fraction of sp³-hybridized carbons (Fsp3) is 0.529. The zero-order valence-electron chi connectivity index (χ0n) is 14.5. The maximum Gasteiger partial charge on any atom is 0.317 e. The van der Waals surface area contributed by atoms with Gasteiger partial charge in [0, 0.05) is 25.0 Å².